The van der Waals surface area contributed by atoms with Crippen LogP contribution in [0.4, 0.5) is 0 Å². The highest BCUT2D eigenvalue weighted by Crippen LogP contribution is 2.30. The van der Waals surface area contributed by atoms with Gasteiger partial charge in [-0.2, -0.15) is 0 Å². The lowest BCUT2D eigenvalue weighted by Gasteiger charge is -2.21. The first-order valence-electron chi connectivity index (χ1n) is 4.84. The van der Waals surface area contributed by atoms with Gasteiger partial charge in [0.05, 0.1) is 0 Å². The molecule has 0 aromatic rings. The van der Waals surface area contributed by atoms with Crippen LogP contribution in [-0.4, -0.2) is 6.54 Å². The maximum atomic E-state index is 4.52. The molecule has 0 bridgehead atoms. The van der Waals surface area contributed by atoms with Crippen LogP contribution < -0.4 is 5.32 Å². The second-order valence-corrected chi connectivity index (χ2v) is 3.63. The molecule has 0 amide bonds. The second-order valence-electron chi connectivity index (χ2n) is 3.63. The Kier molecular flexibility index (Phi) is 2.16. The summed E-state index contributed by atoms with van der Waals surface area (Å²) in [6.45, 7) is 1.06. The highest BCUT2D eigenvalue weighted by Gasteiger charge is 2.19. The van der Waals surface area contributed by atoms with Crippen LogP contribution in [0.1, 0.15) is 38.5 Å². The van der Waals surface area contributed by atoms with Crippen molar-refractivity contribution in [3.8, 4) is 0 Å². The maximum absolute atomic E-state index is 4.52. The van der Waals surface area contributed by atoms with E-state index in [9.17, 15) is 0 Å². The van der Waals surface area contributed by atoms with Gasteiger partial charge in [0.1, 0.15) is 0 Å². The van der Waals surface area contributed by atoms with Gasteiger partial charge < -0.3 is 0 Å². The van der Waals surface area contributed by atoms with Crippen molar-refractivity contribution in [2.75, 3.05) is 6.54 Å². The Hall–Kier alpha value is -0.460. The molecule has 0 spiro atoms. The van der Waals surface area contributed by atoms with Crippen LogP contribution in [0, 0.1) is 5.92 Å². The van der Waals surface area contributed by atoms with E-state index in [0.717, 1.165) is 12.5 Å². The second kappa shape index (κ2) is 3.29. The van der Waals surface area contributed by atoms with Crippen LogP contribution in [-0.2, 0) is 0 Å². The summed E-state index contributed by atoms with van der Waals surface area (Å²) in [6.07, 6.45) is 10.6. The summed E-state index contributed by atoms with van der Waals surface area (Å²) in [7, 11) is 0. The number of rotatable bonds is 1. The van der Waals surface area contributed by atoms with Gasteiger partial charge in [0.25, 0.3) is 0 Å². The van der Waals surface area contributed by atoms with Gasteiger partial charge in [0.2, 0.25) is 0 Å². The fourth-order valence-electron chi connectivity index (χ4n) is 2.16. The highest BCUT2D eigenvalue weighted by atomic mass is 14.9. The summed E-state index contributed by atoms with van der Waals surface area (Å²) in [5.41, 5.74) is 1.43. The summed E-state index contributed by atoms with van der Waals surface area (Å²) in [5, 5.41) is 4.52. The number of allylic oxidation sites excluding steroid dienone is 1. The number of nitrogens with zero attached hydrogens (tertiary/aromatic N) is 1. The van der Waals surface area contributed by atoms with Crippen LogP contribution in [0.2, 0.25) is 0 Å². The van der Waals surface area contributed by atoms with E-state index in [1.54, 1.807) is 0 Å². The molecule has 0 unspecified atom stereocenters. The van der Waals surface area contributed by atoms with E-state index in [0.29, 0.717) is 0 Å². The molecule has 0 saturated heterocycles. The molecule has 1 heterocycles. The van der Waals surface area contributed by atoms with Crippen molar-refractivity contribution in [1.82, 2.24) is 5.32 Å². The predicted octanol–water partition coefficient (Wildman–Crippen LogP) is 2.46. The molecule has 2 rings (SSSR count). The third kappa shape index (κ3) is 1.58. The van der Waals surface area contributed by atoms with Gasteiger partial charge in [-0.15, -0.1) is 0 Å². The molecule has 11 heavy (non-hydrogen) atoms. The quantitative estimate of drug-likeness (QED) is 0.545. The lowest BCUT2D eigenvalue weighted by atomic mass is 9.87. The van der Waals surface area contributed by atoms with E-state index in [2.05, 4.69) is 11.4 Å². The molecule has 1 nitrogen and oxygen atoms in total. The van der Waals surface area contributed by atoms with Crippen molar-refractivity contribution in [3.63, 3.8) is 0 Å². The summed E-state index contributed by atoms with van der Waals surface area (Å²) >= 11 is 0. The fourth-order valence-corrected chi connectivity index (χ4v) is 2.16. The molecule has 1 fully saturated rings. The van der Waals surface area contributed by atoms with Gasteiger partial charge in [-0.05, 0) is 19.3 Å². The molecule has 2 aliphatic rings. The number of hydrogen-bond donors (Lipinski definition) is 0. The predicted molar refractivity (Wildman–Crippen MR) is 46.3 cm³/mol. The third-order valence-electron chi connectivity index (χ3n) is 2.80. The summed E-state index contributed by atoms with van der Waals surface area (Å²) in [6, 6.07) is 0. The average molecular weight is 150 g/mol. The van der Waals surface area contributed by atoms with Crippen molar-refractivity contribution in [2.45, 2.75) is 38.5 Å². The molecular weight excluding hydrogens is 134 g/mol. The first-order chi connectivity index (χ1) is 5.47. The molecule has 1 radical (unpaired) electrons. The minimum absolute atomic E-state index is 0.839. The van der Waals surface area contributed by atoms with Crippen molar-refractivity contribution in [2.24, 2.45) is 5.92 Å². The van der Waals surface area contributed by atoms with E-state index in [1.165, 1.54) is 44.2 Å². The monoisotopic (exact) mass is 150 g/mol. The van der Waals surface area contributed by atoms with E-state index in [-0.39, 0.29) is 0 Å². The summed E-state index contributed by atoms with van der Waals surface area (Å²) in [5.74, 6) is 0.839. The lowest BCUT2D eigenvalue weighted by molar-refractivity contribution is 0.390. The Morgan fingerprint density at radius 1 is 1.18 bits per heavy atom. The Morgan fingerprint density at radius 2 is 2.00 bits per heavy atom. The topological polar surface area (TPSA) is 14.1 Å². The molecule has 0 atom stereocenters. The zero-order valence-corrected chi connectivity index (χ0v) is 7.05. The SMILES string of the molecule is C1=C(C2CCCCC2)[N]CC1. The minimum atomic E-state index is 0.839. The third-order valence-corrected chi connectivity index (χ3v) is 2.80. The summed E-state index contributed by atoms with van der Waals surface area (Å²) < 4.78 is 0. The molecule has 1 aliphatic carbocycles. The first-order valence-corrected chi connectivity index (χ1v) is 4.84. The minimum Gasteiger partial charge on any atom is -0.289 e. The zero-order valence-electron chi connectivity index (χ0n) is 7.05. The smallest absolute Gasteiger partial charge is 0.0427 e. The largest absolute Gasteiger partial charge is 0.289 e. The maximum Gasteiger partial charge on any atom is 0.0427 e. The van der Waals surface area contributed by atoms with Crippen LogP contribution in [0.5, 0.6) is 0 Å². The normalized spacial score (nSPS) is 26.4. The van der Waals surface area contributed by atoms with Crippen LogP contribution in [0.3, 0.4) is 0 Å². The van der Waals surface area contributed by atoms with Crippen molar-refractivity contribution >= 4 is 0 Å². The molecule has 1 saturated carbocycles. The van der Waals surface area contributed by atoms with E-state index >= 15 is 0 Å². The Balaban J connectivity index is 1.92. The van der Waals surface area contributed by atoms with Gasteiger partial charge >= 0.3 is 0 Å². The molecule has 0 N–H and O–H groups in total. The lowest BCUT2D eigenvalue weighted by Crippen LogP contribution is -2.13. The zero-order chi connectivity index (χ0) is 7.52. The van der Waals surface area contributed by atoms with E-state index in [4.69, 9.17) is 0 Å². The van der Waals surface area contributed by atoms with Gasteiger partial charge in [0.15, 0.2) is 0 Å². The Bertz CT molecular complexity index is 154. The van der Waals surface area contributed by atoms with E-state index in [1.807, 2.05) is 0 Å². The molecule has 0 aromatic carbocycles. The Morgan fingerprint density at radius 3 is 2.64 bits per heavy atom. The number of hydrogen-bond acceptors (Lipinski definition) is 0. The Labute approximate surface area is 68.9 Å². The van der Waals surface area contributed by atoms with Crippen LogP contribution in [0.15, 0.2) is 11.8 Å². The van der Waals surface area contributed by atoms with Gasteiger partial charge in [-0.3, -0.25) is 5.32 Å². The highest BCUT2D eigenvalue weighted by molar-refractivity contribution is 5.09. The fraction of sp³-hybridized carbons (Fsp3) is 0.800. The molecule has 1 aliphatic heterocycles. The van der Waals surface area contributed by atoms with E-state index < -0.39 is 0 Å². The first kappa shape index (κ1) is 7.20. The van der Waals surface area contributed by atoms with Gasteiger partial charge in [0, 0.05) is 18.2 Å². The van der Waals surface area contributed by atoms with Crippen LogP contribution >= 0.6 is 0 Å². The molecule has 61 valence electrons. The standard InChI is InChI=1S/C10H16N/c1-2-5-9(6-3-1)10-7-4-8-11-10/h7,9H,1-6,8H2. The molecule has 0 aromatic heterocycles. The van der Waals surface area contributed by atoms with Crippen LogP contribution in [0.25, 0.3) is 0 Å². The van der Waals surface area contributed by atoms with Gasteiger partial charge in [-0.25, -0.2) is 0 Å². The van der Waals surface area contributed by atoms with Crippen molar-refractivity contribution in [1.29, 1.82) is 0 Å². The van der Waals surface area contributed by atoms with Crippen molar-refractivity contribution in [3.05, 3.63) is 11.8 Å². The summed E-state index contributed by atoms with van der Waals surface area (Å²) in [4.78, 5) is 0. The van der Waals surface area contributed by atoms with Gasteiger partial charge in [-0.1, -0.05) is 25.3 Å². The molecule has 1 heteroatoms. The molecular formula is C10H16N. The van der Waals surface area contributed by atoms with Crippen molar-refractivity contribution < 1.29 is 0 Å². The average Bonchev–Trinajstić information content (AvgIpc) is 2.58.